The van der Waals surface area contributed by atoms with Gasteiger partial charge in [0.1, 0.15) is 12.4 Å². The van der Waals surface area contributed by atoms with Crippen LogP contribution in [-0.2, 0) is 6.18 Å². The molecule has 0 spiro atoms. The second-order valence-electron chi connectivity index (χ2n) is 4.34. The molecule has 1 aliphatic rings. The first-order chi connectivity index (χ1) is 7.97. The van der Waals surface area contributed by atoms with E-state index >= 15 is 0 Å². The molecular weight excluding hydrogens is 231 g/mol. The van der Waals surface area contributed by atoms with E-state index in [-0.39, 0.29) is 18.4 Å². The number of alkyl halides is 3. The topological polar surface area (TPSA) is 35.2 Å². The van der Waals surface area contributed by atoms with Crippen molar-refractivity contribution in [3.63, 3.8) is 0 Å². The van der Waals surface area contributed by atoms with Crippen LogP contribution in [0.4, 0.5) is 13.2 Å². The van der Waals surface area contributed by atoms with Gasteiger partial charge in [0.05, 0.1) is 5.56 Å². The maximum Gasteiger partial charge on any atom is 0.416 e. The molecule has 0 radical (unpaired) electrons. The Morgan fingerprint density at radius 3 is 2.65 bits per heavy atom. The molecule has 17 heavy (non-hydrogen) atoms. The molecular formula is C12H14F3NO. The van der Waals surface area contributed by atoms with E-state index < -0.39 is 11.7 Å². The predicted octanol–water partition coefficient (Wildman–Crippen LogP) is 2.82. The van der Waals surface area contributed by atoms with Crippen molar-refractivity contribution in [1.29, 1.82) is 0 Å². The molecule has 1 aliphatic carbocycles. The highest BCUT2D eigenvalue weighted by Gasteiger charge is 2.31. The van der Waals surface area contributed by atoms with Crippen LogP contribution in [0.2, 0.25) is 0 Å². The lowest BCUT2D eigenvalue weighted by molar-refractivity contribution is -0.137. The second-order valence-corrected chi connectivity index (χ2v) is 4.34. The lowest BCUT2D eigenvalue weighted by atomic mass is 10.2. The maximum atomic E-state index is 12.4. The van der Waals surface area contributed by atoms with Crippen LogP contribution in [0, 0.1) is 5.92 Å². The van der Waals surface area contributed by atoms with Gasteiger partial charge < -0.3 is 10.5 Å². The average Bonchev–Trinajstić information content (AvgIpc) is 3.09. The Labute approximate surface area is 97.6 Å². The van der Waals surface area contributed by atoms with E-state index in [9.17, 15) is 13.2 Å². The predicted molar refractivity (Wildman–Crippen MR) is 57.6 cm³/mol. The molecule has 0 aromatic heterocycles. The quantitative estimate of drug-likeness (QED) is 0.885. The lowest BCUT2D eigenvalue weighted by Gasteiger charge is -2.13. The van der Waals surface area contributed by atoms with Gasteiger partial charge in [-0.2, -0.15) is 13.2 Å². The summed E-state index contributed by atoms with van der Waals surface area (Å²) in [5.74, 6) is 0.691. The molecule has 1 aromatic rings. The summed E-state index contributed by atoms with van der Waals surface area (Å²) in [7, 11) is 0. The first-order valence-corrected chi connectivity index (χ1v) is 5.52. The highest BCUT2D eigenvalue weighted by molar-refractivity contribution is 5.30. The number of nitrogens with two attached hydrogens (primary N) is 1. The van der Waals surface area contributed by atoms with Crippen molar-refractivity contribution in [2.24, 2.45) is 11.7 Å². The molecule has 5 heteroatoms. The fourth-order valence-corrected chi connectivity index (χ4v) is 1.62. The number of rotatable bonds is 4. The van der Waals surface area contributed by atoms with Gasteiger partial charge in [-0.25, -0.2) is 0 Å². The number of benzene rings is 1. The number of hydrogen-bond acceptors (Lipinski definition) is 2. The van der Waals surface area contributed by atoms with E-state index in [0.29, 0.717) is 5.92 Å². The minimum atomic E-state index is -4.34. The third-order valence-corrected chi connectivity index (χ3v) is 2.83. The molecule has 0 amide bonds. The highest BCUT2D eigenvalue weighted by atomic mass is 19.4. The molecule has 1 saturated carbocycles. The molecule has 0 saturated heterocycles. The molecule has 2 rings (SSSR count). The average molecular weight is 245 g/mol. The Balaban J connectivity index is 1.96. The minimum Gasteiger partial charge on any atom is -0.492 e. The standard InChI is InChI=1S/C12H14F3NO/c13-12(14,15)9-2-1-3-10(6-9)17-7-11(16)8-4-5-8/h1-3,6,8,11H,4-5,7,16H2. The van der Waals surface area contributed by atoms with Crippen LogP contribution in [0.3, 0.4) is 0 Å². The zero-order chi connectivity index (χ0) is 12.5. The fraction of sp³-hybridized carbons (Fsp3) is 0.500. The second kappa shape index (κ2) is 4.56. The van der Waals surface area contributed by atoms with Crippen LogP contribution in [0.25, 0.3) is 0 Å². The maximum absolute atomic E-state index is 12.4. The Morgan fingerprint density at radius 1 is 1.35 bits per heavy atom. The molecule has 0 bridgehead atoms. The molecule has 0 heterocycles. The van der Waals surface area contributed by atoms with Crippen molar-refractivity contribution < 1.29 is 17.9 Å². The summed E-state index contributed by atoms with van der Waals surface area (Å²) in [6.07, 6.45) is -2.15. The Hall–Kier alpha value is -1.23. The van der Waals surface area contributed by atoms with Crippen molar-refractivity contribution >= 4 is 0 Å². The number of ether oxygens (including phenoxy) is 1. The zero-order valence-electron chi connectivity index (χ0n) is 9.20. The van der Waals surface area contributed by atoms with Crippen LogP contribution in [-0.4, -0.2) is 12.6 Å². The van der Waals surface area contributed by atoms with Gasteiger partial charge in [0, 0.05) is 6.04 Å². The minimum absolute atomic E-state index is 0.0791. The first-order valence-electron chi connectivity index (χ1n) is 5.52. The van der Waals surface area contributed by atoms with Crippen molar-refractivity contribution in [1.82, 2.24) is 0 Å². The molecule has 1 aromatic carbocycles. The van der Waals surface area contributed by atoms with Crippen molar-refractivity contribution in [3.05, 3.63) is 29.8 Å². The molecule has 2 nitrogen and oxygen atoms in total. The van der Waals surface area contributed by atoms with Crippen molar-refractivity contribution in [2.75, 3.05) is 6.61 Å². The smallest absolute Gasteiger partial charge is 0.416 e. The van der Waals surface area contributed by atoms with Crippen molar-refractivity contribution in [3.8, 4) is 5.75 Å². The summed E-state index contributed by atoms with van der Waals surface area (Å²) in [5.41, 5.74) is 5.10. The number of hydrogen-bond donors (Lipinski definition) is 1. The van der Waals surface area contributed by atoms with Gasteiger partial charge in [0.15, 0.2) is 0 Å². The van der Waals surface area contributed by atoms with Gasteiger partial charge in [-0.3, -0.25) is 0 Å². The molecule has 0 aliphatic heterocycles. The molecule has 94 valence electrons. The molecule has 1 unspecified atom stereocenters. The van der Waals surface area contributed by atoms with E-state index in [1.807, 2.05) is 0 Å². The van der Waals surface area contributed by atoms with Gasteiger partial charge in [-0.05, 0) is 37.0 Å². The summed E-state index contributed by atoms with van der Waals surface area (Å²) in [5, 5.41) is 0. The highest BCUT2D eigenvalue weighted by Crippen LogP contribution is 2.33. The van der Waals surface area contributed by atoms with Crippen LogP contribution in [0.1, 0.15) is 18.4 Å². The van der Waals surface area contributed by atoms with E-state index in [0.717, 1.165) is 25.0 Å². The molecule has 2 N–H and O–H groups in total. The Morgan fingerprint density at radius 2 is 2.06 bits per heavy atom. The van der Waals surface area contributed by atoms with Crippen LogP contribution in [0.15, 0.2) is 24.3 Å². The summed E-state index contributed by atoms with van der Waals surface area (Å²) in [6, 6.07) is 4.78. The fourth-order valence-electron chi connectivity index (χ4n) is 1.62. The van der Waals surface area contributed by atoms with E-state index in [4.69, 9.17) is 10.5 Å². The van der Waals surface area contributed by atoms with E-state index in [1.165, 1.54) is 12.1 Å². The summed E-state index contributed by atoms with van der Waals surface area (Å²) in [4.78, 5) is 0. The monoisotopic (exact) mass is 245 g/mol. The third kappa shape index (κ3) is 3.36. The number of halogens is 3. The summed E-state index contributed by atoms with van der Waals surface area (Å²) in [6.45, 7) is 0.270. The SMILES string of the molecule is NC(COc1cccc(C(F)(F)F)c1)C1CC1. The van der Waals surface area contributed by atoms with Gasteiger partial charge in [0.25, 0.3) is 0 Å². The van der Waals surface area contributed by atoms with Gasteiger partial charge in [-0.15, -0.1) is 0 Å². The van der Waals surface area contributed by atoms with Gasteiger partial charge in [-0.1, -0.05) is 6.07 Å². The van der Waals surface area contributed by atoms with Crippen LogP contribution in [0.5, 0.6) is 5.75 Å². The normalized spacial score (nSPS) is 17.9. The largest absolute Gasteiger partial charge is 0.492 e. The van der Waals surface area contributed by atoms with E-state index in [1.54, 1.807) is 0 Å². The third-order valence-electron chi connectivity index (χ3n) is 2.83. The Kier molecular flexibility index (Phi) is 3.28. The summed E-state index contributed by atoms with van der Waals surface area (Å²) < 4.78 is 42.6. The molecule has 1 atom stereocenters. The van der Waals surface area contributed by atoms with Crippen LogP contribution >= 0.6 is 0 Å². The van der Waals surface area contributed by atoms with E-state index in [2.05, 4.69) is 0 Å². The van der Waals surface area contributed by atoms with Gasteiger partial charge in [0.2, 0.25) is 0 Å². The molecule has 1 fully saturated rings. The van der Waals surface area contributed by atoms with Gasteiger partial charge >= 0.3 is 6.18 Å². The Bertz CT molecular complexity index is 388. The summed E-state index contributed by atoms with van der Waals surface area (Å²) >= 11 is 0. The zero-order valence-corrected chi connectivity index (χ0v) is 9.20. The first kappa shape index (κ1) is 12.2. The lowest BCUT2D eigenvalue weighted by Crippen LogP contribution is -2.29. The van der Waals surface area contributed by atoms with Crippen LogP contribution < -0.4 is 10.5 Å². The van der Waals surface area contributed by atoms with Crippen molar-refractivity contribution in [2.45, 2.75) is 25.1 Å².